The van der Waals surface area contributed by atoms with Gasteiger partial charge >= 0.3 is 0 Å². The lowest BCUT2D eigenvalue weighted by Gasteiger charge is -2.43. The van der Waals surface area contributed by atoms with E-state index >= 15 is 0 Å². The maximum absolute atomic E-state index is 9.57. The number of aromatic hydroxyl groups is 1. The number of ether oxygens (including phenoxy) is 1. The second-order valence-electron chi connectivity index (χ2n) is 6.60. The van der Waals surface area contributed by atoms with Crippen LogP contribution in [0.4, 0.5) is 0 Å². The largest absolute Gasteiger partial charge is 0.508 e. The normalized spacial score (nSPS) is 26.0. The van der Waals surface area contributed by atoms with E-state index in [1.807, 2.05) is 12.1 Å². The van der Waals surface area contributed by atoms with Crippen LogP contribution in [0.1, 0.15) is 31.2 Å². The highest BCUT2D eigenvalue weighted by Gasteiger charge is 2.33. The molecular weight excluding hydrogens is 274 g/mol. The molecule has 2 aromatic carbocycles. The Morgan fingerprint density at radius 3 is 2.82 bits per heavy atom. The molecule has 3 nitrogen and oxygen atoms in total. The summed E-state index contributed by atoms with van der Waals surface area (Å²) < 4.78 is 5.96. The van der Waals surface area contributed by atoms with Crippen LogP contribution in [0, 0.1) is 0 Å². The van der Waals surface area contributed by atoms with Crippen LogP contribution >= 0.6 is 0 Å². The first-order chi connectivity index (χ1) is 10.8. The highest BCUT2D eigenvalue weighted by molar-refractivity contribution is 5.84. The number of nitrogens with zero attached hydrogens (tertiary/aromatic N) is 1. The highest BCUT2D eigenvalue weighted by Crippen LogP contribution is 2.30. The van der Waals surface area contributed by atoms with Crippen LogP contribution in [0.15, 0.2) is 36.4 Å². The maximum atomic E-state index is 9.57. The molecule has 116 valence electrons. The summed E-state index contributed by atoms with van der Waals surface area (Å²) in [5, 5.41) is 11.9. The predicted molar refractivity (Wildman–Crippen MR) is 88.0 cm³/mol. The average molecular weight is 297 g/mol. The van der Waals surface area contributed by atoms with Gasteiger partial charge in [-0.05, 0) is 47.4 Å². The second kappa shape index (κ2) is 5.90. The Morgan fingerprint density at radius 1 is 1.05 bits per heavy atom. The van der Waals surface area contributed by atoms with E-state index in [0.717, 1.165) is 25.1 Å². The number of hydrogen-bond acceptors (Lipinski definition) is 3. The van der Waals surface area contributed by atoms with Gasteiger partial charge < -0.3 is 9.84 Å². The first-order valence-corrected chi connectivity index (χ1v) is 8.37. The Morgan fingerprint density at radius 2 is 1.86 bits per heavy atom. The van der Waals surface area contributed by atoms with Gasteiger partial charge in [-0.3, -0.25) is 4.90 Å². The van der Waals surface area contributed by atoms with Gasteiger partial charge in [-0.15, -0.1) is 0 Å². The molecule has 2 fully saturated rings. The molecule has 0 bridgehead atoms. The van der Waals surface area contributed by atoms with Crippen molar-refractivity contribution in [1.29, 1.82) is 0 Å². The van der Waals surface area contributed by atoms with Crippen LogP contribution in [0.2, 0.25) is 0 Å². The molecule has 1 N–H and O–H groups in total. The number of phenolic OH excluding ortho intramolecular Hbond substituents is 1. The van der Waals surface area contributed by atoms with Gasteiger partial charge in [0.15, 0.2) is 0 Å². The van der Waals surface area contributed by atoms with Crippen molar-refractivity contribution in [2.45, 2.75) is 44.4 Å². The number of phenols is 1. The summed E-state index contributed by atoms with van der Waals surface area (Å²) in [6, 6.07) is 12.7. The lowest BCUT2D eigenvalue weighted by atomic mass is 9.90. The Hall–Kier alpha value is -1.58. The van der Waals surface area contributed by atoms with E-state index < -0.39 is 0 Å². The Labute approximate surface area is 131 Å². The third-order valence-corrected chi connectivity index (χ3v) is 5.12. The molecule has 4 rings (SSSR count). The van der Waals surface area contributed by atoms with Gasteiger partial charge in [-0.1, -0.05) is 31.0 Å². The summed E-state index contributed by atoms with van der Waals surface area (Å²) in [6.07, 6.45) is 5.58. The van der Waals surface area contributed by atoms with Crippen molar-refractivity contribution in [2.24, 2.45) is 0 Å². The molecule has 0 radical (unpaired) electrons. The fourth-order valence-electron chi connectivity index (χ4n) is 3.99. The van der Waals surface area contributed by atoms with E-state index in [2.05, 4.69) is 23.1 Å². The SMILES string of the molecule is Oc1ccc2cc(CN3CCO[C@@H]4CCCC[C@H]43)ccc2c1. The van der Waals surface area contributed by atoms with Gasteiger partial charge in [-0.25, -0.2) is 0 Å². The van der Waals surface area contributed by atoms with Crippen LogP contribution in [-0.2, 0) is 11.3 Å². The van der Waals surface area contributed by atoms with E-state index in [9.17, 15) is 5.11 Å². The van der Waals surface area contributed by atoms with Crippen molar-refractivity contribution in [3.8, 4) is 5.75 Å². The standard InChI is InChI=1S/C19H23NO2/c21-17-8-7-15-11-14(5-6-16(15)12-17)13-20-9-10-22-19-4-2-1-3-18(19)20/h5-8,11-12,18-19,21H,1-4,9-10,13H2/t18-,19-/m1/s1. The van der Waals surface area contributed by atoms with Gasteiger partial charge in [0, 0.05) is 19.1 Å². The molecule has 0 unspecified atom stereocenters. The number of rotatable bonds is 2. The van der Waals surface area contributed by atoms with Gasteiger partial charge in [-0.2, -0.15) is 0 Å². The van der Waals surface area contributed by atoms with Crippen molar-refractivity contribution in [3.63, 3.8) is 0 Å². The number of hydrogen-bond donors (Lipinski definition) is 1. The summed E-state index contributed by atoms with van der Waals surface area (Å²) in [6.45, 7) is 2.90. The number of morpholine rings is 1. The van der Waals surface area contributed by atoms with Gasteiger partial charge in [0.05, 0.1) is 12.7 Å². The monoisotopic (exact) mass is 297 g/mol. The zero-order valence-electron chi connectivity index (χ0n) is 12.9. The zero-order valence-corrected chi connectivity index (χ0v) is 12.9. The summed E-state index contributed by atoms with van der Waals surface area (Å²) in [5.41, 5.74) is 1.35. The predicted octanol–water partition coefficient (Wildman–Crippen LogP) is 3.69. The first-order valence-electron chi connectivity index (χ1n) is 8.37. The summed E-state index contributed by atoms with van der Waals surface area (Å²) in [4.78, 5) is 2.61. The fourth-order valence-corrected chi connectivity index (χ4v) is 3.99. The average Bonchev–Trinajstić information content (AvgIpc) is 2.55. The van der Waals surface area contributed by atoms with Crippen LogP contribution < -0.4 is 0 Å². The number of fused-ring (bicyclic) bond motifs is 2. The van der Waals surface area contributed by atoms with E-state index in [1.54, 1.807) is 6.07 Å². The van der Waals surface area contributed by atoms with E-state index in [1.165, 1.54) is 36.6 Å². The molecule has 0 amide bonds. The van der Waals surface area contributed by atoms with Crippen LogP contribution in [0.5, 0.6) is 5.75 Å². The molecule has 1 saturated carbocycles. The number of benzene rings is 2. The Balaban J connectivity index is 1.55. The van der Waals surface area contributed by atoms with Crippen LogP contribution in [0.3, 0.4) is 0 Å². The molecule has 22 heavy (non-hydrogen) atoms. The van der Waals surface area contributed by atoms with Crippen molar-refractivity contribution in [1.82, 2.24) is 4.90 Å². The highest BCUT2D eigenvalue weighted by atomic mass is 16.5. The Kier molecular flexibility index (Phi) is 3.77. The Bertz CT molecular complexity index is 668. The van der Waals surface area contributed by atoms with Crippen molar-refractivity contribution in [3.05, 3.63) is 42.0 Å². The van der Waals surface area contributed by atoms with Crippen molar-refractivity contribution < 1.29 is 9.84 Å². The summed E-state index contributed by atoms with van der Waals surface area (Å²) in [7, 11) is 0. The van der Waals surface area contributed by atoms with E-state index in [4.69, 9.17) is 4.74 Å². The minimum Gasteiger partial charge on any atom is -0.508 e. The molecule has 1 aliphatic heterocycles. The molecule has 0 aromatic heterocycles. The van der Waals surface area contributed by atoms with Gasteiger partial charge in [0.1, 0.15) is 5.75 Å². The molecule has 1 saturated heterocycles. The molecule has 2 aliphatic rings. The van der Waals surface area contributed by atoms with E-state index in [-0.39, 0.29) is 0 Å². The smallest absolute Gasteiger partial charge is 0.116 e. The second-order valence-corrected chi connectivity index (χ2v) is 6.60. The van der Waals surface area contributed by atoms with Crippen LogP contribution in [0.25, 0.3) is 10.8 Å². The lowest BCUT2D eigenvalue weighted by Crippen LogP contribution is -2.52. The minimum atomic E-state index is 0.332. The lowest BCUT2D eigenvalue weighted by molar-refractivity contribution is -0.0911. The summed E-state index contributed by atoms with van der Waals surface area (Å²) in [5.74, 6) is 0.332. The van der Waals surface area contributed by atoms with Crippen molar-refractivity contribution in [2.75, 3.05) is 13.2 Å². The topological polar surface area (TPSA) is 32.7 Å². The molecule has 1 aliphatic carbocycles. The maximum Gasteiger partial charge on any atom is 0.116 e. The quantitative estimate of drug-likeness (QED) is 0.917. The summed E-state index contributed by atoms with van der Waals surface area (Å²) >= 11 is 0. The minimum absolute atomic E-state index is 0.332. The van der Waals surface area contributed by atoms with Gasteiger partial charge in [0.25, 0.3) is 0 Å². The zero-order chi connectivity index (χ0) is 14.9. The van der Waals surface area contributed by atoms with Crippen molar-refractivity contribution >= 4 is 10.8 Å². The third kappa shape index (κ3) is 2.71. The van der Waals surface area contributed by atoms with Gasteiger partial charge in [0.2, 0.25) is 0 Å². The first kappa shape index (κ1) is 14.0. The van der Waals surface area contributed by atoms with Crippen LogP contribution in [-0.4, -0.2) is 35.3 Å². The molecular formula is C19H23NO2. The third-order valence-electron chi connectivity index (χ3n) is 5.12. The molecule has 3 heteroatoms. The molecule has 2 aromatic rings. The molecule has 2 atom stereocenters. The molecule has 1 heterocycles. The van der Waals surface area contributed by atoms with E-state index in [0.29, 0.717) is 17.9 Å². The molecule has 0 spiro atoms. The fraction of sp³-hybridized carbons (Fsp3) is 0.474.